The van der Waals surface area contributed by atoms with Gasteiger partial charge in [0.1, 0.15) is 18.3 Å². The van der Waals surface area contributed by atoms with Crippen LogP contribution < -0.4 is 5.32 Å². The molecule has 0 radical (unpaired) electrons. The summed E-state index contributed by atoms with van der Waals surface area (Å²) < 4.78 is 5.38. The summed E-state index contributed by atoms with van der Waals surface area (Å²) in [5.41, 5.74) is 0.680. The van der Waals surface area contributed by atoms with E-state index in [1.807, 2.05) is 0 Å². The second-order valence-corrected chi connectivity index (χ2v) is 4.76. The van der Waals surface area contributed by atoms with Gasteiger partial charge in [-0.3, -0.25) is 0 Å². The van der Waals surface area contributed by atoms with Gasteiger partial charge in [0, 0.05) is 5.69 Å². The molecule has 0 bridgehead atoms. The van der Waals surface area contributed by atoms with E-state index >= 15 is 0 Å². The maximum Gasteiger partial charge on any atom is 0.335 e. The van der Waals surface area contributed by atoms with Crippen molar-refractivity contribution in [2.75, 3.05) is 5.32 Å². The van der Waals surface area contributed by atoms with Crippen molar-refractivity contribution in [3.8, 4) is 0 Å². The Morgan fingerprint density at radius 2 is 1.70 bits per heavy atom. The van der Waals surface area contributed by atoms with Crippen LogP contribution >= 0.6 is 0 Å². The van der Waals surface area contributed by atoms with Crippen LogP contribution in [0.3, 0.4) is 0 Å². The summed E-state index contributed by atoms with van der Waals surface area (Å²) >= 11 is 0. The first kappa shape index (κ1) is 14.7. The second-order valence-electron chi connectivity index (χ2n) is 4.76. The summed E-state index contributed by atoms with van der Waals surface area (Å²) in [6.45, 7) is 1.59. The minimum Gasteiger partial charge on any atom is -0.478 e. The van der Waals surface area contributed by atoms with E-state index in [2.05, 4.69) is 5.32 Å². The first-order chi connectivity index (χ1) is 9.40. The van der Waals surface area contributed by atoms with E-state index < -0.39 is 36.6 Å². The Hall–Kier alpha value is -1.67. The largest absolute Gasteiger partial charge is 0.478 e. The third-order valence-corrected chi connectivity index (χ3v) is 3.29. The molecule has 0 saturated carbocycles. The average Bonchev–Trinajstić information content (AvgIpc) is 2.43. The summed E-state index contributed by atoms with van der Waals surface area (Å²) in [5.74, 6) is -1.03. The van der Waals surface area contributed by atoms with Crippen molar-refractivity contribution in [2.24, 2.45) is 0 Å². The van der Waals surface area contributed by atoms with E-state index in [1.54, 1.807) is 6.92 Å². The van der Waals surface area contributed by atoms with Crippen molar-refractivity contribution in [1.29, 1.82) is 0 Å². The quantitative estimate of drug-likeness (QED) is 0.513. The summed E-state index contributed by atoms with van der Waals surface area (Å²) in [7, 11) is 0. The molecular weight excluding hydrogens is 266 g/mol. The molecule has 1 saturated heterocycles. The Balaban J connectivity index is 2.07. The molecule has 20 heavy (non-hydrogen) atoms. The van der Waals surface area contributed by atoms with Gasteiger partial charge >= 0.3 is 5.97 Å². The molecule has 0 aliphatic carbocycles. The third-order valence-electron chi connectivity index (χ3n) is 3.29. The smallest absolute Gasteiger partial charge is 0.335 e. The molecule has 5 N–H and O–H groups in total. The zero-order valence-corrected chi connectivity index (χ0v) is 10.8. The monoisotopic (exact) mass is 283 g/mol. The lowest BCUT2D eigenvalue weighted by Gasteiger charge is -2.39. The van der Waals surface area contributed by atoms with Gasteiger partial charge in [-0.15, -0.1) is 0 Å². The van der Waals surface area contributed by atoms with E-state index in [-0.39, 0.29) is 5.56 Å². The number of aromatic carboxylic acids is 1. The first-order valence-corrected chi connectivity index (χ1v) is 6.19. The number of benzene rings is 1. The zero-order chi connectivity index (χ0) is 14.9. The Bertz CT molecular complexity index is 476. The van der Waals surface area contributed by atoms with Crippen molar-refractivity contribution in [3.63, 3.8) is 0 Å². The molecule has 110 valence electrons. The summed E-state index contributed by atoms with van der Waals surface area (Å²) in [6, 6.07) is 5.88. The van der Waals surface area contributed by atoms with E-state index in [0.717, 1.165) is 0 Å². The van der Waals surface area contributed by atoms with Gasteiger partial charge in [-0.1, -0.05) is 0 Å². The highest BCUT2D eigenvalue weighted by atomic mass is 16.5. The van der Waals surface area contributed by atoms with Crippen molar-refractivity contribution < 1.29 is 30.0 Å². The number of ether oxygens (including phenoxy) is 1. The maximum absolute atomic E-state index is 10.7. The number of aliphatic hydroxyl groups is 3. The Morgan fingerprint density at radius 3 is 2.25 bits per heavy atom. The van der Waals surface area contributed by atoms with Crippen LogP contribution in [-0.4, -0.2) is 57.0 Å². The molecule has 1 aromatic rings. The number of hydrogen-bond donors (Lipinski definition) is 5. The molecule has 1 heterocycles. The van der Waals surface area contributed by atoms with Gasteiger partial charge < -0.3 is 30.5 Å². The molecular formula is C13H17NO6. The molecule has 0 spiro atoms. The van der Waals surface area contributed by atoms with Gasteiger partial charge in [-0.2, -0.15) is 0 Å². The predicted molar refractivity (Wildman–Crippen MR) is 69.4 cm³/mol. The standard InChI is InChI=1S/C13H17NO6/c1-6-9(15)10(16)11(17)12(20-6)14-8-4-2-7(3-5-8)13(18)19/h2-6,9-12,14-17H,1H3,(H,18,19)/t6-,9-,10+,11+,12-/m0/s1. The van der Waals surface area contributed by atoms with Gasteiger partial charge in [0.05, 0.1) is 11.7 Å². The fourth-order valence-electron chi connectivity index (χ4n) is 2.04. The molecule has 1 aliphatic heterocycles. The van der Waals surface area contributed by atoms with Crippen molar-refractivity contribution in [1.82, 2.24) is 0 Å². The van der Waals surface area contributed by atoms with E-state index in [4.69, 9.17) is 9.84 Å². The predicted octanol–water partition coefficient (Wildman–Crippen LogP) is -0.376. The van der Waals surface area contributed by atoms with Crippen molar-refractivity contribution in [3.05, 3.63) is 29.8 Å². The molecule has 7 heteroatoms. The number of rotatable bonds is 3. The van der Waals surface area contributed by atoms with E-state index in [1.165, 1.54) is 24.3 Å². The van der Waals surface area contributed by atoms with Crippen molar-refractivity contribution >= 4 is 11.7 Å². The normalized spacial score (nSPS) is 33.7. The summed E-state index contributed by atoms with van der Waals surface area (Å²) in [4.78, 5) is 10.7. The molecule has 0 amide bonds. The van der Waals surface area contributed by atoms with Gasteiger partial charge in [-0.05, 0) is 31.2 Å². The van der Waals surface area contributed by atoms with Crippen LogP contribution in [0, 0.1) is 0 Å². The minimum absolute atomic E-state index is 0.143. The lowest BCUT2D eigenvalue weighted by Crippen LogP contribution is -2.58. The number of hydrogen-bond acceptors (Lipinski definition) is 6. The van der Waals surface area contributed by atoms with Gasteiger partial charge in [0.2, 0.25) is 0 Å². The third kappa shape index (κ3) is 2.91. The molecule has 0 unspecified atom stereocenters. The van der Waals surface area contributed by atoms with Crippen LogP contribution in [-0.2, 0) is 4.74 Å². The summed E-state index contributed by atoms with van der Waals surface area (Å²) in [6.07, 6.45) is -5.28. The van der Waals surface area contributed by atoms with Gasteiger partial charge in [0.15, 0.2) is 6.23 Å². The molecule has 0 aromatic heterocycles. The SMILES string of the molecule is C[C@@H]1O[C@H](Nc2ccc(C(=O)O)cc2)[C@H](O)[C@H](O)[C@H]1O. The second kappa shape index (κ2) is 5.76. The lowest BCUT2D eigenvalue weighted by molar-refractivity contribution is -0.209. The Kier molecular flexibility index (Phi) is 4.24. The molecule has 5 atom stereocenters. The topological polar surface area (TPSA) is 119 Å². The number of anilines is 1. The number of carbonyl (C=O) groups is 1. The fourth-order valence-corrected chi connectivity index (χ4v) is 2.04. The van der Waals surface area contributed by atoms with Crippen LogP contribution in [0.25, 0.3) is 0 Å². The number of carboxylic acids is 1. The van der Waals surface area contributed by atoms with Gasteiger partial charge in [0.25, 0.3) is 0 Å². The van der Waals surface area contributed by atoms with E-state index in [9.17, 15) is 20.1 Å². The number of nitrogens with one attached hydrogen (secondary N) is 1. The maximum atomic E-state index is 10.7. The highest BCUT2D eigenvalue weighted by molar-refractivity contribution is 5.87. The number of carboxylic acid groups (broad SMARTS) is 1. The minimum atomic E-state index is -1.31. The van der Waals surface area contributed by atoms with Crippen molar-refractivity contribution in [2.45, 2.75) is 37.6 Å². The first-order valence-electron chi connectivity index (χ1n) is 6.19. The average molecular weight is 283 g/mol. The highest BCUT2D eigenvalue weighted by Crippen LogP contribution is 2.22. The summed E-state index contributed by atoms with van der Waals surface area (Å²) in [5, 5.41) is 40.7. The van der Waals surface area contributed by atoms with Crippen LogP contribution in [0.5, 0.6) is 0 Å². The lowest BCUT2D eigenvalue weighted by atomic mass is 9.99. The molecule has 1 aliphatic rings. The van der Waals surface area contributed by atoms with Crippen LogP contribution in [0.4, 0.5) is 5.69 Å². The molecule has 1 aromatic carbocycles. The van der Waals surface area contributed by atoms with E-state index in [0.29, 0.717) is 5.69 Å². The highest BCUT2D eigenvalue weighted by Gasteiger charge is 2.41. The van der Waals surface area contributed by atoms with Crippen LogP contribution in [0.15, 0.2) is 24.3 Å². The van der Waals surface area contributed by atoms with Crippen LogP contribution in [0.1, 0.15) is 17.3 Å². The molecule has 1 fully saturated rings. The molecule has 2 rings (SSSR count). The molecule has 7 nitrogen and oxygen atoms in total. The Morgan fingerprint density at radius 1 is 1.10 bits per heavy atom. The van der Waals surface area contributed by atoms with Gasteiger partial charge in [-0.25, -0.2) is 4.79 Å². The fraction of sp³-hybridized carbons (Fsp3) is 0.462. The van der Waals surface area contributed by atoms with Crippen LogP contribution in [0.2, 0.25) is 0 Å². The zero-order valence-electron chi connectivity index (χ0n) is 10.8. The Labute approximate surface area is 115 Å². The number of aliphatic hydroxyl groups excluding tert-OH is 3.